The third kappa shape index (κ3) is 4.29. The highest BCUT2D eigenvalue weighted by Crippen LogP contribution is 2.37. The molecule has 156 valence electrons. The zero-order chi connectivity index (χ0) is 19.5. The quantitative estimate of drug-likeness (QED) is 0.781. The summed E-state index contributed by atoms with van der Waals surface area (Å²) in [5.74, 6) is 2.56. The third-order valence-electron chi connectivity index (χ3n) is 7.60. The summed E-state index contributed by atoms with van der Waals surface area (Å²) in [5, 5.41) is 7.34. The van der Waals surface area contributed by atoms with E-state index < -0.39 is 0 Å². The van der Waals surface area contributed by atoms with Crippen LogP contribution in [-0.2, 0) is 9.53 Å². The van der Waals surface area contributed by atoms with Crippen molar-refractivity contribution in [3.63, 3.8) is 0 Å². The Morgan fingerprint density at radius 3 is 2.57 bits per heavy atom. The molecule has 3 aliphatic rings. The molecule has 2 heterocycles. The van der Waals surface area contributed by atoms with Crippen LogP contribution >= 0.6 is 0 Å². The van der Waals surface area contributed by atoms with Crippen molar-refractivity contribution in [3.05, 3.63) is 18.0 Å². The molecule has 3 fully saturated rings. The lowest BCUT2D eigenvalue weighted by molar-refractivity contribution is -0.145. The lowest BCUT2D eigenvalue weighted by Gasteiger charge is -2.44. The number of amides is 1. The van der Waals surface area contributed by atoms with E-state index in [0.717, 1.165) is 49.8 Å². The predicted octanol–water partition coefficient (Wildman–Crippen LogP) is 4.52. The Balaban J connectivity index is 1.42. The number of carbonyl (C=O) groups excluding carboxylic acids is 1. The molecule has 5 heteroatoms. The molecule has 0 unspecified atom stereocenters. The predicted molar refractivity (Wildman–Crippen MR) is 110 cm³/mol. The van der Waals surface area contributed by atoms with Gasteiger partial charge in [-0.2, -0.15) is 5.10 Å². The van der Waals surface area contributed by atoms with E-state index in [9.17, 15) is 4.79 Å². The maximum atomic E-state index is 13.1. The number of carbonyl (C=O) groups is 1. The Kier molecular flexibility index (Phi) is 6.39. The number of aromatic nitrogens is 2. The van der Waals surface area contributed by atoms with E-state index in [4.69, 9.17) is 4.74 Å². The van der Waals surface area contributed by atoms with Gasteiger partial charge in [0.25, 0.3) is 0 Å². The zero-order valence-corrected chi connectivity index (χ0v) is 17.6. The van der Waals surface area contributed by atoms with Gasteiger partial charge in [-0.3, -0.25) is 9.89 Å². The van der Waals surface area contributed by atoms with Gasteiger partial charge in [-0.1, -0.05) is 20.3 Å². The highest BCUT2D eigenvalue weighted by atomic mass is 16.5. The van der Waals surface area contributed by atoms with Gasteiger partial charge in [-0.05, 0) is 69.3 Å². The summed E-state index contributed by atoms with van der Waals surface area (Å²) < 4.78 is 6.46. The van der Waals surface area contributed by atoms with Crippen molar-refractivity contribution in [3.8, 4) is 0 Å². The molecule has 1 saturated heterocycles. The molecule has 1 aromatic rings. The number of aromatic amines is 1. The summed E-state index contributed by atoms with van der Waals surface area (Å²) in [6.45, 7) is 6.23. The van der Waals surface area contributed by atoms with Crippen LogP contribution in [0.4, 0.5) is 0 Å². The fourth-order valence-corrected chi connectivity index (χ4v) is 5.42. The lowest BCUT2D eigenvalue weighted by atomic mass is 9.80. The Hall–Kier alpha value is -1.36. The van der Waals surface area contributed by atoms with E-state index >= 15 is 0 Å². The van der Waals surface area contributed by atoms with E-state index in [1.807, 2.05) is 6.20 Å². The lowest BCUT2D eigenvalue weighted by Crippen LogP contribution is -2.53. The van der Waals surface area contributed by atoms with Crippen LogP contribution in [0.3, 0.4) is 0 Å². The molecule has 1 N–H and O–H groups in total. The van der Waals surface area contributed by atoms with Crippen LogP contribution in [-0.4, -0.2) is 46.3 Å². The second kappa shape index (κ2) is 8.98. The molecule has 0 aromatic carbocycles. The molecule has 1 amide bonds. The summed E-state index contributed by atoms with van der Waals surface area (Å²) in [4.78, 5) is 15.3. The molecule has 0 radical (unpaired) electrons. The minimum absolute atomic E-state index is 0.144. The first kappa shape index (κ1) is 19.9. The van der Waals surface area contributed by atoms with Crippen LogP contribution in [0.25, 0.3) is 0 Å². The van der Waals surface area contributed by atoms with E-state index in [1.165, 1.54) is 32.1 Å². The van der Waals surface area contributed by atoms with Gasteiger partial charge >= 0.3 is 0 Å². The summed E-state index contributed by atoms with van der Waals surface area (Å²) in [6, 6.07) is 2.22. The number of piperidine rings is 1. The molecular formula is C23H37N3O2. The van der Waals surface area contributed by atoms with Crippen molar-refractivity contribution >= 4 is 5.91 Å². The van der Waals surface area contributed by atoms with Gasteiger partial charge in [0, 0.05) is 30.3 Å². The zero-order valence-electron chi connectivity index (χ0n) is 17.6. The highest BCUT2D eigenvalue weighted by Gasteiger charge is 2.40. The largest absolute Gasteiger partial charge is 0.376 e. The van der Waals surface area contributed by atoms with Crippen molar-refractivity contribution in [1.82, 2.24) is 15.1 Å². The molecule has 0 bridgehead atoms. The van der Waals surface area contributed by atoms with Crippen molar-refractivity contribution in [2.75, 3.05) is 13.2 Å². The van der Waals surface area contributed by atoms with Crippen LogP contribution in [0.15, 0.2) is 12.3 Å². The van der Waals surface area contributed by atoms with Crippen LogP contribution in [0.2, 0.25) is 0 Å². The van der Waals surface area contributed by atoms with Gasteiger partial charge in [0.15, 0.2) is 0 Å². The fourth-order valence-electron chi connectivity index (χ4n) is 5.42. The molecule has 0 spiro atoms. The SMILES string of the molecule is CC(C)C1CCC(OC[C@H]2[C@@H](c3ccn[nH]3)CCCN2C(=O)C2CCC2)CC1. The monoisotopic (exact) mass is 387 g/mol. The second-order valence-electron chi connectivity index (χ2n) is 9.60. The van der Waals surface area contributed by atoms with Crippen LogP contribution < -0.4 is 0 Å². The summed E-state index contributed by atoms with van der Waals surface area (Å²) in [5.41, 5.74) is 1.16. The minimum Gasteiger partial charge on any atom is -0.376 e. The van der Waals surface area contributed by atoms with E-state index in [-0.39, 0.29) is 12.0 Å². The number of nitrogens with zero attached hydrogens (tertiary/aromatic N) is 2. The van der Waals surface area contributed by atoms with Gasteiger partial charge in [0.1, 0.15) is 0 Å². The number of hydrogen-bond donors (Lipinski definition) is 1. The summed E-state index contributed by atoms with van der Waals surface area (Å²) >= 11 is 0. The number of nitrogens with one attached hydrogen (secondary N) is 1. The van der Waals surface area contributed by atoms with Crippen LogP contribution in [0.1, 0.15) is 83.2 Å². The van der Waals surface area contributed by atoms with Gasteiger partial charge in [0.05, 0.1) is 18.8 Å². The molecule has 28 heavy (non-hydrogen) atoms. The third-order valence-corrected chi connectivity index (χ3v) is 7.60. The summed E-state index contributed by atoms with van der Waals surface area (Å²) in [7, 11) is 0. The van der Waals surface area contributed by atoms with E-state index in [1.54, 1.807) is 0 Å². The molecule has 2 saturated carbocycles. The fraction of sp³-hybridized carbons (Fsp3) is 0.826. The molecule has 4 rings (SSSR count). The van der Waals surface area contributed by atoms with Crippen molar-refractivity contribution < 1.29 is 9.53 Å². The van der Waals surface area contributed by atoms with Crippen molar-refractivity contribution in [2.45, 2.75) is 89.7 Å². The van der Waals surface area contributed by atoms with E-state index in [2.05, 4.69) is 35.0 Å². The Morgan fingerprint density at radius 1 is 1.18 bits per heavy atom. The first-order valence-electron chi connectivity index (χ1n) is 11.5. The Bertz CT molecular complexity index is 618. The molecule has 2 aliphatic carbocycles. The average Bonchev–Trinajstić information content (AvgIpc) is 3.19. The van der Waals surface area contributed by atoms with Gasteiger partial charge < -0.3 is 9.64 Å². The first-order valence-corrected chi connectivity index (χ1v) is 11.5. The Morgan fingerprint density at radius 2 is 1.96 bits per heavy atom. The van der Waals surface area contributed by atoms with Gasteiger partial charge in [-0.25, -0.2) is 0 Å². The van der Waals surface area contributed by atoms with Crippen molar-refractivity contribution in [2.24, 2.45) is 17.8 Å². The molecule has 1 aliphatic heterocycles. The molecular weight excluding hydrogens is 350 g/mol. The second-order valence-corrected chi connectivity index (χ2v) is 9.60. The minimum atomic E-state index is 0.144. The standard InChI is InChI=1S/C23H37N3O2/c1-16(2)17-8-10-19(11-9-17)28-15-22-20(21-12-13-24-25-21)7-4-14-26(22)23(27)18-5-3-6-18/h12-13,16-20,22H,3-11,14-15H2,1-2H3,(H,24,25)/t17?,19?,20-,22+/m1/s1. The topological polar surface area (TPSA) is 58.2 Å². The number of rotatable bonds is 6. The maximum absolute atomic E-state index is 13.1. The normalized spacial score (nSPS) is 31.8. The first-order chi connectivity index (χ1) is 13.6. The highest BCUT2D eigenvalue weighted by molar-refractivity contribution is 5.80. The van der Waals surface area contributed by atoms with E-state index in [0.29, 0.717) is 24.5 Å². The number of H-pyrrole nitrogens is 1. The van der Waals surface area contributed by atoms with Gasteiger partial charge in [0.2, 0.25) is 5.91 Å². The molecule has 1 aromatic heterocycles. The average molecular weight is 388 g/mol. The van der Waals surface area contributed by atoms with Crippen molar-refractivity contribution in [1.29, 1.82) is 0 Å². The Labute approximate surface area is 169 Å². The van der Waals surface area contributed by atoms with Crippen LogP contribution in [0.5, 0.6) is 0 Å². The molecule has 5 nitrogen and oxygen atoms in total. The van der Waals surface area contributed by atoms with Crippen LogP contribution in [0, 0.1) is 17.8 Å². The number of hydrogen-bond acceptors (Lipinski definition) is 3. The molecule has 2 atom stereocenters. The maximum Gasteiger partial charge on any atom is 0.226 e. The number of likely N-dealkylation sites (tertiary alicyclic amines) is 1. The summed E-state index contributed by atoms with van der Waals surface area (Å²) in [6.07, 6.45) is 12.6. The van der Waals surface area contributed by atoms with Gasteiger partial charge in [-0.15, -0.1) is 0 Å². The number of ether oxygens (including phenoxy) is 1. The smallest absolute Gasteiger partial charge is 0.226 e.